The van der Waals surface area contributed by atoms with Gasteiger partial charge >= 0.3 is 0 Å². The molecule has 1 saturated carbocycles. The van der Waals surface area contributed by atoms with Gasteiger partial charge in [0, 0.05) is 31.0 Å². The second-order valence-corrected chi connectivity index (χ2v) is 6.49. The van der Waals surface area contributed by atoms with Crippen molar-refractivity contribution in [2.24, 2.45) is 11.1 Å². The molecule has 0 aliphatic heterocycles. The first-order chi connectivity index (χ1) is 8.47. The molecule has 1 aromatic rings. The molecular formula is C15H25N3. The Hall–Kier alpha value is -0.930. The largest absolute Gasteiger partial charge is 0.329 e. The second-order valence-electron chi connectivity index (χ2n) is 6.49. The van der Waals surface area contributed by atoms with Crippen LogP contribution in [0.15, 0.2) is 24.5 Å². The standard InChI is InChI=1S/C15H25N3/c1-14(2)6-7-15(11-14,12-16)18(3)10-13-5-4-8-17-9-13/h4-5,8-9H,6-7,10-12,16H2,1-3H3. The molecular weight excluding hydrogens is 222 g/mol. The zero-order valence-electron chi connectivity index (χ0n) is 11.8. The van der Waals surface area contributed by atoms with Crippen molar-refractivity contribution in [3.05, 3.63) is 30.1 Å². The quantitative estimate of drug-likeness (QED) is 0.888. The molecule has 1 aliphatic carbocycles. The molecule has 3 nitrogen and oxygen atoms in total. The first-order valence-electron chi connectivity index (χ1n) is 6.78. The summed E-state index contributed by atoms with van der Waals surface area (Å²) in [7, 11) is 2.20. The highest BCUT2D eigenvalue weighted by Crippen LogP contribution is 2.46. The molecule has 0 spiro atoms. The molecule has 0 aromatic carbocycles. The fraction of sp³-hybridized carbons (Fsp3) is 0.667. The van der Waals surface area contributed by atoms with Gasteiger partial charge in [-0.2, -0.15) is 0 Å². The predicted molar refractivity (Wildman–Crippen MR) is 75.1 cm³/mol. The van der Waals surface area contributed by atoms with Gasteiger partial charge in [-0.25, -0.2) is 0 Å². The molecule has 1 aromatic heterocycles. The van der Waals surface area contributed by atoms with E-state index in [1.807, 2.05) is 18.5 Å². The van der Waals surface area contributed by atoms with Gasteiger partial charge in [-0.15, -0.1) is 0 Å². The molecule has 0 bridgehead atoms. The molecule has 0 amide bonds. The van der Waals surface area contributed by atoms with Crippen molar-refractivity contribution in [2.75, 3.05) is 13.6 Å². The molecule has 1 heterocycles. The van der Waals surface area contributed by atoms with E-state index in [0.29, 0.717) is 5.41 Å². The Morgan fingerprint density at radius 1 is 1.39 bits per heavy atom. The van der Waals surface area contributed by atoms with Crippen LogP contribution in [0.3, 0.4) is 0 Å². The molecule has 1 fully saturated rings. The number of aromatic nitrogens is 1. The van der Waals surface area contributed by atoms with Crippen molar-refractivity contribution in [2.45, 2.75) is 45.2 Å². The van der Waals surface area contributed by atoms with Crippen LogP contribution in [0, 0.1) is 5.41 Å². The summed E-state index contributed by atoms with van der Waals surface area (Å²) < 4.78 is 0. The average molecular weight is 247 g/mol. The minimum absolute atomic E-state index is 0.166. The summed E-state index contributed by atoms with van der Waals surface area (Å²) in [5.74, 6) is 0. The van der Waals surface area contributed by atoms with Crippen LogP contribution in [0.25, 0.3) is 0 Å². The van der Waals surface area contributed by atoms with Crippen molar-refractivity contribution in [3.8, 4) is 0 Å². The summed E-state index contributed by atoms with van der Waals surface area (Å²) in [6, 6.07) is 4.13. The number of nitrogens with zero attached hydrogens (tertiary/aromatic N) is 2. The zero-order chi connectivity index (χ0) is 13.2. The predicted octanol–water partition coefficient (Wildman–Crippen LogP) is 2.42. The third kappa shape index (κ3) is 2.73. The molecule has 0 radical (unpaired) electrons. The average Bonchev–Trinajstić information content (AvgIpc) is 2.68. The number of pyridine rings is 1. The molecule has 1 unspecified atom stereocenters. The van der Waals surface area contributed by atoms with Crippen LogP contribution in [-0.2, 0) is 6.54 Å². The summed E-state index contributed by atoms with van der Waals surface area (Å²) >= 11 is 0. The third-order valence-electron chi connectivity index (χ3n) is 4.41. The summed E-state index contributed by atoms with van der Waals surface area (Å²) in [6.45, 7) is 6.37. The molecule has 18 heavy (non-hydrogen) atoms. The fourth-order valence-corrected chi connectivity index (χ4v) is 3.23. The highest BCUT2D eigenvalue weighted by atomic mass is 15.2. The van der Waals surface area contributed by atoms with Gasteiger partial charge in [0.25, 0.3) is 0 Å². The van der Waals surface area contributed by atoms with Crippen molar-refractivity contribution in [1.29, 1.82) is 0 Å². The van der Waals surface area contributed by atoms with Gasteiger partial charge in [0.05, 0.1) is 0 Å². The highest BCUT2D eigenvalue weighted by molar-refractivity contribution is 5.10. The van der Waals surface area contributed by atoms with E-state index in [9.17, 15) is 0 Å². The van der Waals surface area contributed by atoms with Crippen LogP contribution in [0.1, 0.15) is 38.7 Å². The SMILES string of the molecule is CN(Cc1cccnc1)C1(CN)CCC(C)(C)C1. The van der Waals surface area contributed by atoms with E-state index in [4.69, 9.17) is 5.73 Å². The first-order valence-corrected chi connectivity index (χ1v) is 6.78. The summed E-state index contributed by atoms with van der Waals surface area (Å²) in [4.78, 5) is 6.61. The van der Waals surface area contributed by atoms with E-state index >= 15 is 0 Å². The lowest BCUT2D eigenvalue weighted by Crippen LogP contribution is -2.50. The van der Waals surface area contributed by atoms with E-state index in [-0.39, 0.29) is 5.54 Å². The normalized spacial score (nSPS) is 26.7. The molecule has 100 valence electrons. The summed E-state index contributed by atoms with van der Waals surface area (Å²) in [6.07, 6.45) is 7.42. The lowest BCUT2D eigenvalue weighted by Gasteiger charge is -2.39. The van der Waals surface area contributed by atoms with E-state index in [2.05, 4.69) is 36.8 Å². The maximum Gasteiger partial charge on any atom is 0.0337 e. The van der Waals surface area contributed by atoms with Crippen LogP contribution >= 0.6 is 0 Å². The maximum absolute atomic E-state index is 6.09. The highest BCUT2D eigenvalue weighted by Gasteiger charge is 2.44. The van der Waals surface area contributed by atoms with Crippen molar-refractivity contribution >= 4 is 0 Å². The third-order valence-corrected chi connectivity index (χ3v) is 4.41. The van der Waals surface area contributed by atoms with E-state index < -0.39 is 0 Å². The Labute approximate surface area is 110 Å². The fourth-order valence-electron chi connectivity index (χ4n) is 3.23. The van der Waals surface area contributed by atoms with Gasteiger partial charge in [0.15, 0.2) is 0 Å². The number of nitrogens with two attached hydrogens (primary N) is 1. The lowest BCUT2D eigenvalue weighted by molar-refractivity contribution is 0.111. The van der Waals surface area contributed by atoms with Crippen LogP contribution in [-0.4, -0.2) is 29.0 Å². The Kier molecular flexibility index (Phi) is 3.74. The maximum atomic E-state index is 6.09. The minimum atomic E-state index is 0.166. The first kappa shape index (κ1) is 13.5. The van der Waals surface area contributed by atoms with Crippen molar-refractivity contribution in [3.63, 3.8) is 0 Å². The molecule has 1 aliphatic rings. The number of hydrogen-bond acceptors (Lipinski definition) is 3. The molecule has 2 N–H and O–H groups in total. The van der Waals surface area contributed by atoms with Crippen LogP contribution < -0.4 is 5.73 Å². The van der Waals surface area contributed by atoms with Crippen molar-refractivity contribution in [1.82, 2.24) is 9.88 Å². The van der Waals surface area contributed by atoms with Crippen LogP contribution in [0.5, 0.6) is 0 Å². The van der Waals surface area contributed by atoms with Gasteiger partial charge in [-0.05, 0) is 43.4 Å². The Morgan fingerprint density at radius 3 is 2.67 bits per heavy atom. The molecule has 0 saturated heterocycles. The number of likely N-dealkylation sites (N-methyl/N-ethyl adjacent to an activating group) is 1. The van der Waals surface area contributed by atoms with Gasteiger partial charge in [-0.3, -0.25) is 9.88 Å². The van der Waals surface area contributed by atoms with Gasteiger partial charge < -0.3 is 5.73 Å². The Bertz CT molecular complexity index is 388. The molecule has 1 atom stereocenters. The topological polar surface area (TPSA) is 42.2 Å². The summed E-state index contributed by atoms with van der Waals surface area (Å²) in [5.41, 5.74) is 7.93. The lowest BCUT2D eigenvalue weighted by atomic mass is 9.86. The Balaban J connectivity index is 2.09. The zero-order valence-corrected chi connectivity index (χ0v) is 11.8. The monoisotopic (exact) mass is 247 g/mol. The number of hydrogen-bond donors (Lipinski definition) is 1. The van der Waals surface area contributed by atoms with Gasteiger partial charge in [-0.1, -0.05) is 19.9 Å². The smallest absolute Gasteiger partial charge is 0.0337 e. The van der Waals surface area contributed by atoms with E-state index in [1.54, 1.807) is 0 Å². The second kappa shape index (κ2) is 4.98. The van der Waals surface area contributed by atoms with E-state index in [1.165, 1.54) is 24.8 Å². The number of rotatable bonds is 4. The van der Waals surface area contributed by atoms with Crippen LogP contribution in [0.4, 0.5) is 0 Å². The molecule has 2 rings (SSSR count). The minimum Gasteiger partial charge on any atom is -0.329 e. The van der Waals surface area contributed by atoms with Gasteiger partial charge in [0.2, 0.25) is 0 Å². The molecule has 3 heteroatoms. The van der Waals surface area contributed by atoms with Gasteiger partial charge in [0.1, 0.15) is 0 Å². The van der Waals surface area contributed by atoms with Crippen molar-refractivity contribution < 1.29 is 0 Å². The van der Waals surface area contributed by atoms with E-state index in [0.717, 1.165) is 13.1 Å². The van der Waals surface area contributed by atoms with Crippen LogP contribution in [0.2, 0.25) is 0 Å². The Morgan fingerprint density at radius 2 is 2.17 bits per heavy atom. The summed E-state index contributed by atoms with van der Waals surface area (Å²) in [5, 5.41) is 0.